The van der Waals surface area contributed by atoms with Crippen LogP contribution in [0.4, 0.5) is 19.1 Å². The van der Waals surface area contributed by atoms with E-state index in [1.807, 2.05) is 0 Å². The third-order valence-corrected chi connectivity index (χ3v) is 3.48. The van der Waals surface area contributed by atoms with Crippen LogP contribution >= 0.6 is 0 Å². The number of hydrogen-bond donors (Lipinski definition) is 2. The Morgan fingerprint density at radius 2 is 1.81 bits per heavy atom. The average molecular weight is 373 g/mol. The van der Waals surface area contributed by atoms with Gasteiger partial charge in [0.2, 0.25) is 11.0 Å². The highest BCUT2D eigenvalue weighted by Crippen LogP contribution is 2.30. The van der Waals surface area contributed by atoms with Crippen molar-refractivity contribution in [1.82, 2.24) is 10.4 Å². The van der Waals surface area contributed by atoms with Gasteiger partial charge in [0.1, 0.15) is 0 Å². The van der Waals surface area contributed by atoms with Crippen LogP contribution in [0.5, 0.6) is 0 Å². The third-order valence-electron chi connectivity index (χ3n) is 3.48. The zero-order valence-electron chi connectivity index (χ0n) is 14.3. The fraction of sp³-hybridized carbons (Fsp3) is 0.467. The van der Waals surface area contributed by atoms with Crippen LogP contribution in [0.25, 0.3) is 11.0 Å². The van der Waals surface area contributed by atoms with Crippen LogP contribution in [0.3, 0.4) is 0 Å². The van der Waals surface area contributed by atoms with Crippen LogP contribution in [-0.4, -0.2) is 24.1 Å². The highest BCUT2D eigenvalue weighted by atomic mass is 19.4. The van der Waals surface area contributed by atoms with Crippen LogP contribution < -0.4 is 20.2 Å². The number of halogens is 3. The molecule has 0 saturated heterocycles. The first-order chi connectivity index (χ1) is 11.9. The molecule has 0 unspecified atom stereocenters. The van der Waals surface area contributed by atoms with Crippen molar-refractivity contribution in [3.8, 4) is 0 Å². The number of anilines is 1. The molecule has 1 heterocycles. The number of nitrogens with one attached hydrogen (secondary N) is 2. The second-order valence-corrected chi connectivity index (χ2v) is 6.62. The zero-order valence-corrected chi connectivity index (χ0v) is 14.3. The van der Waals surface area contributed by atoms with Crippen molar-refractivity contribution < 1.29 is 27.5 Å². The summed E-state index contributed by atoms with van der Waals surface area (Å²) in [7, 11) is 0. The first-order valence-electron chi connectivity index (χ1n) is 7.68. The van der Waals surface area contributed by atoms with Crippen molar-refractivity contribution in [3.05, 3.63) is 34.2 Å². The lowest BCUT2D eigenvalue weighted by Gasteiger charge is -2.17. The molecule has 2 aromatic rings. The molecule has 8 nitrogen and oxygen atoms in total. The Bertz CT molecular complexity index is 834. The van der Waals surface area contributed by atoms with Crippen LogP contribution in [-0.2, 0) is 11.0 Å². The van der Waals surface area contributed by atoms with Crippen molar-refractivity contribution in [2.75, 3.05) is 18.4 Å². The van der Waals surface area contributed by atoms with Crippen LogP contribution in [0.1, 0.15) is 26.3 Å². The first kappa shape index (κ1) is 19.5. The second-order valence-electron chi connectivity index (χ2n) is 6.62. The van der Waals surface area contributed by atoms with E-state index in [9.17, 15) is 28.4 Å². The normalized spacial score (nSPS) is 12.2. The van der Waals surface area contributed by atoms with E-state index in [2.05, 4.69) is 15.7 Å². The molecule has 0 aliphatic rings. The van der Waals surface area contributed by atoms with E-state index in [1.165, 1.54) is 0 Å². The Balaban J connectivity index is 2.17. The summed E-state index contributed by atoms with van der Waals surface area (Å²) in [5, 5.41) is 32.7. The van der Waals surface area contributed by atoms with Gasteiger partial charge in [0.25, 0.3) is 5.52 Å². The maximum atomic E-state index is 12.7. The number of nitrogens with zero attached hydrogens (tertiary/aromatic N) is 3. The number of rotatable bonds is 4. The SMILES string of the molecule is CC(C)(C)C(=O)NCCNc1n[n+]([O-])c2cc(C(F)(F)F)ccc2[n+]1[O-]. The van der Waals surface area contributed by atoms with Crippen molar-refractivity contribution >= 4 is 22.9 Å². The molecular formula is C15H18F3N5O3. The van der Waals surface area contributed by atoms with Crippen molar-refractivity contribution in [1.29, 1.82) is 0 Å². The largest absolute Gasteiger partial charge is 0.739 e. The van der Waals surface area contributed by atoms with Gasteiger partial charge in [0.15, 0.2) is 5.52 Å². The van der Waals surface area contributed by atoms with E-state index < -0.39 is 22.7 Å². The highest BCUT2D eigenvalue weighted by molar-refractivity contribution is 5.81. The average Bonchev–Trinajstić information content (AvgIpc) is 2.53. The number of carbonyl (C=O) groups excluding carboxylic acids is 1. The Hall–Kier alpha value is -2.85. The van der Waals surface area contributed by atoms with Gasteiger partial charge in [-0.3, -0.25) is 10.1 Å². The summed E-state index contributed by atoms with van der Waals surface area (Å²) >= 11 is 0. The van der Waals surface area contributed by atoms with Gasteiger partial charge >= 0.3 is 12.1 Å². The molecule has 0 bridgehead atoms. The number of aromatic nitrogens is 3. The Kier molecular flexibility index (Phi) is 5.10. The summed E-state index contributed by atoms with van der Waals surface area (Å²) in [6, 6.07) is 2.19. The molecule has 1 aromatic carbocycles. The minimum absolute atomic E-state index is 0.0466. The van der Waals surface area contributed by atoms with Crippen LogP contribution in [0, 0.1) is 15.8 Å². The zero-order chi connectivity index (χ0) is 19.7. The molecule has 0 fully saturated rings. The quantitative estimate of drug-likeness (QED) is 0.474. The molecule has 0 radical (unpaired) electrons. The Labute approximate surface area is 146 Å². The van der Waals surface area contributed by atoms with E-state index in [0.29, 0.717) is 12.1 Å². The van der Waals surface area contributed by atoms with Gasteiger partial charge in [-0.25, -0.2) is 4.73 Å². The van der Waals surface area contributed by atoms with Gasteiger partial charge in [0.05, 0.1) is 12.1 Å². The number of fused-ring (bicyclic) bond motifs is 1. The maximum absolute atomic E-state index is 12.7. The van der Waals surface area contributed by atoms with Gasteiger partial charge in [-0.2, -0.15) is 13.2 Å². The standard InChI is InChI=1S/C15H18F3N5O3/c1-14(2,3)12(24)19-6-7-20-13-21-23(26)11-8-9(15(16,17)18)4-5-10(11)22(13)25/h4-5,8H,6-7H2,1-3H3,(H,19,24)(H,20,21). The van der Waals surface area contributed by atoms with E-state index in [0.717, 1.165) is 6.07 Å². The molecule has 0 atom stereocenters. The number of amides is 1. The van der Waals surface area contributed by atoms with Crippen molar-refractivity contribution in [2.24, 2.45) is 5.41 Å². The topological polar surface area (TPSA) is 108 Å². The number of alkyl halides is 3. The molecule has 11 heteroatoms. The Morgan fingerprint density at radius 3 is 2.38 bits per heavy atom. The minimum atomic E-state index is -4.64. The molecule has 1 aromatic heterocycles. The lowest BCUT2D eigenvalue weighted by molar-refractivity contribution is -0.672. The number of carbonyl (C=O) groups is 1. The van der Waals surface area contributed by atoms with E-state index in [-0.39, 0.29) is 40.0 Å². The predicted molar refractivity (Wildman–Crippen MR) is 85.6 cm³/mol. The van der Waals surface area contributed by atoms with Crippen LogP contribution in [0.2, 0.25) is 0 Å². The third kappa shape index (κ3) is 4.21. The van der Waals surface area contributed by atoms with Gasteiger partial charge in [-0.15, -0.1) is 0 Å². The number of hydrogen-bond acceptors (Lipinski definition) is 5. The molecule has 142 valence electrons. The molecule has 1 amide bonds. The van der Waals surface area contributed by atoms with Gasteiger partial charge in [0, 0.05) is 22.9 Å². The summed E-state index contributed by atoms with van der Waals surface area (Å²) in [5.41, 5.74) is -2.39. The molecule has 2 N–H and O–H groups in total. The van der Waals surface area contributed by atoms with Gasteiger partial charge in [-0.1, -0.05) is 20.8 Å². The fourth-order valence-electron chi connectivity index (χ4n) is 2.04. The smallest absolute Gasteiger partial charge is 0.461 e. The maximum Gasteiger partial charge on any atom is 0.461 e. The van der Waals surface area contributed by atoms with E-state index >= 15 is 0 Å². The number of benzene rings is 1. The molecule has 0 saturated carbocycles. The molecular weight excluding hydrogens is 355 g/mol. The van der Waals surface area contributed by atoms with Gasteiger partial charge < -0.3 is 15.7 Å². The first-order valence-corrected chi connectivity index (χ1v) is 7.68. The molecule has 0 aliphatic carbocycles. The lowest BCUT2D eigenvalue weighted by Crippen LogP contribution is -2.45. The van der Waals surface area contributed by atoms with Crippen LogP contribution in [0.15, 0.2) is 18.2 Å². The van der Waals surface area contributed by atoms with Crippen molar-refractivity contribution in [2.45, 2.75) is 26.9 Å². The Morgan fingerprint density at radius 1 is 1.15 bits per heavy atom. The predicted octanol–water partition coefficient (Wildman–Crippen LogP) is 1.09. The van der Waals surface area contributed by atoms with Crippen molar-refractivity contribution in [3.63, 3.8) is 0 Å². The summed E-state index contributed by atoms with van der Waals surface area (Å²) in [6.07, 6.45) is -4.64. The monoisotopic (exact) mass is 373 g/mol. The molecule has 0 spiro atoms. The second kappa shape index (κ2) is 6.81. The summed E-state index contributed by atoms with van der Waals surface area (Å²) in [5.74, 6) is -0.573. The molecule has 2 rings (SSSR count). The van der Waals surface area contributed by atoms with E-state index in [1.54, 1.807) is 20.8 Å². The molecule has 0 aliphatic heterocycles. The van der Waals surface area contributed by atoms with Gasteiger partial charge in [-0.05, 0) is 12.1 Å². The minimum Gasteiger partial charge on any atom is -0.739 e. The summed E-state index contributed by atoms with van der Waals surface area (Å²) in [6.45, 7) is 5.48. The molecule has 26 heavy (non-hydrogen) atoms. The van der Waals surface area contributed by atoms with E-state index in [4.69, 9.17) is 0 Å². The summed E-state index contributed by atoms with van der Waals surface area (Å²) < 4.78 is 38.4. The highest BCUT2D eigenvalue weighted by Gasteiger charge is 2.33. The lowest BCUT2D eigenvalue weighted by atomic mass is 9.96. The fourth-order valence-corrected chi connectivity index (χ4v) is 2.04. The summed E-state index contributed by atoms with van der Waals surface area (Å²) in [4.78, 5) is 11.7.